The van der Waals surface area contributed by atoms with E-state index in [1.54, 1.807) is 6.07 Å². The molecule has 1 aromatic heterocycles. The van der Waals surface area contributed by atoms with E-state index in [2.05, 4.69) is 0 Å². The average Bonchev–Trinajstić information content (AvgIpc) is 2.92. The molecule has 0 amide bonds. The molecule has 0 saturated heterocycles. The zero-order chi connectivity index (χ0) is 19.1. The number of fused-ring (bicyclic) bond motifs is 1. The third-order valence-corrected chi connectivity index (χ3v) is 4.61. The van der Waals surface area contributed by atoms with E-state index >= 15 is 0 Å². The SMILES string of the molecule is Cc1cc(C(/C=C/c2ccc3c(ccn3C)c2)C(F)(F)F)cc(Cl)c1F. The molecule has 0 aliphatic carbocycles. The predicted octanol–water partition coefficient (Wildman–Crippen LogP) is 6.64. The fourth-order valence-corrected chi connectivity index (χ4v) is 3.23. The minimum atomic E-state index is -4.51. The van der Waals surface area contributed by atoms with Gasteiger partial charge in [0.25, 0.3) is 0 Å². The fraction of sp³-hybridized carbons (Fsp3) is 0.200. The van der Waals surface area contributed by atoms with E-state index < -0.39 is 17.9 Å². The Morgan fingerprint density at radius 1 is 1.12 bits per heavy atom. The molecule has 0 N–H and O–H groups in total. The first kappa shape index (κ1) is 18.5. The lowest BCUT2D eigenvalue weighted by Gasteiger charge is -2.18. The number of nitrogens with zero attached hydrogens (tertiary/aromatic N) is 1. The van der Waals surface area contributed by atoms with Gasteiger partial charge in [-0.25, -0.2) is 4.39 Å². The molecule has 6 heteroatoms. The Bertz CT molecular complexity index is 962. The molecule has 2 aromatic carbocycles. The summed E-state index contributed by atoms with van der Waals surface area (Å²) in [7, 11) is 1.90. The van der Waals surface area contributed by atoms with Crippen molar-refractivity contribution in [2.75, 3.05) is 0 Å². The highest BCUT2D eigenvalue weighted by Crippen LogP contribution is 2.38. The van der Waals surface area contributed by atoms with Crippen LogP contribution in [0.5, 0.6) is 0 Å². The third kappa shape index (κ3) is 3.63. The van der Waals surface area contributed by atoms with Crippen molar-refractivity contribution in [3.8, 4) is 0 Å². The Labute approximate surface area is 153 Å². The minimum absolute atomic E-state index is 0.0841. The van der Waals surface area contributed by atoms with Gasteiger partial charge in [0.1, 0.15) is 5.82 Å². The lowest BCUT2D eigenvalue weighted by Crippen LogP contribution is -2.19. The van der Waals surface area contributed by atoms with Crippen molar-refractivity contribution in [2.45, 2.75) is 19.0 Å². The summed E-state index contributed by atoms with van der Waals surface area (Å²) in [5.41, 5.74) is 1.65. The Kier molecular flexibility index (Phi) is 4.84. The van der Waals surface area contributed by atoms with Gasteiger partial charge >= 0.3 is 6.18 Å². The molecular formula is C20H16ClF4N. The van der Waals surface area contributed by atoms with E-state index in [0.29, 0.717) is 5.56 Å². The number of halogens is 5. The molecular weight excluding hydrogens is 366 g/mol. The maximum absolute atomic E-state index is 13.6. The topological polar surface area (TPSA) is 4.93 Å². The van der Waals surface area contributed by atoms with Crippen molar-refractivity contribution in [3.63, 3.8) is 0 Å². The van der Waals surface area contributed by atoms with Gasteiger partial charge in [-0.1, -0.05) is 35.9 Å². The van der Waals surface area contributed by atoms with Crippen LogP contribution in [0.4, 0.5) is 17.6 Å². The number of alkyl halides is 3. The molecule has 0 aliphatic rings. The Balaban J connectivity index is 1.99. The monoisotopic (exact) mass is 381 g/mol. The van der Waals surface area contributed by atoms with Crippen LogP contribution in [-0.2, 0) is 7.05 Å². The number of aryl methyl sites for hydroxylation is 2. The van der Waals surface area contributed by atoms with Crippen molar-refractivity contribution < 1.29 is 17.6 Å². The van der Waals surface area contributed by atoms with Crippen LogP contribution in [0.25, 0.3) is 17.0 Å². The molecule has 0 fully saturated rings. The van der Waals surface area contributed by atoms with E-state index in [4.69, 9.17) is 11.6 Å². The molecule has 0 bridgehead atoms. The summed E-state index contributed by atoms with van der Waals surface area (Å²) in [5.74, 6) is -2.57. The fourth-order valence-electron chi connectivity index (χ4n) is 2.95. The number of allylic oxidation sites excluding steroid dienone is 1. The minimum Gasteiger partial charge on any atom is -0.351 e. The van der Waals surface area contributed by atoms with Crippen LogP contribution in [0.2, 0.25) is 5.02 Å². The number of benzene rings is 2. The predicted molar refractivity (Wildman–Crippen MR) is 96.9 cm³/mol. The summed E-state index contributed by atoms with van der Waals surface area (Å²) in [4.78, 5) is 0. The molecule has 0 saturated carbocycles. The largest absolute Gasteiger partial charge is 0.399 e. The molecule has 0 aliphatic heterocycles. The Morgan fingerprint density at radius 2 is 1.85 bits per heavy atom. The second kappa shape index (κ2) is 6.80. The van der Waals surface area contributed by atoms with Gasteiger partial charge in [-0.05, 0) is 47.9 Å². The van der Waals surface area contributed by atoms with Crippen molar-refractivity contribution in [2.24, 2.45) is 7.05 Å². The van der Waals surface area contributed by atoms with E-state index in [1.165, 1.54) is 19.1 Å². The van der Waals surface area contributed by atoms with E-state index in [9.17, 15) is 17.6 Å². The van der Waals surface area contributed by atoms with Gasteiger partial charge in [0, 0.05) is 24.1 Å². The summed E-state index contributed by atoms with van der Waals surface area (Å²) in [5, 5.41) is 0.632. The molecule has 1 unspecified atom stereocenters. The zero-order valence-corrected chi connectivity index (χ0v) is 14.9. The van der Waals surface area contributed by atoms with Crippen molar-refractivity contribution in [1.82, 2.24) is 4.57 Å². The van der Waals surface area contributed by atoms with E-state index in [1.807, 2.05) is 36.0 Å². The smallest absolute Gasteiger partial charge is 0.351 e. The van der Waals surface area contributed by atoms with Crippen LogP contribution in [0.3, 0.4) is 0 Å². The summed E-state index contributed by atoms with van der Waals surface area (Å²) in [6, 6.07) is 9.56. The summed E-state index contributed by atoms with van der Waals surface area (Å²) < 4.78 is 56.2. The first-order chi connectivity index (χ1) is 12.2. The third-order valence-electron chi connectivity index (χ3n) is 4.33. The second-order valence-electron chi connectivity index (χ2n) is 6.26. The zero-order valence-electron chi connectivity index (χ0n) is 14.1. The first-order valence-electron chi connectivity index (χ1n) is 7.92. The van der Waals surface area contributed by atoms with Gasteiger partial charge in [0.05, 0.1) is 10.9 Å². The number of hydrogen-bond acceptors (Lipinski definition) is 0. The van der Waals surface area contributed by atoms with Gasteiger partial charge in [0.15, 0.2) is 0 Å². The second-order valence-corrected chi connectivity index (χ2v) is 6.66. The van der Waals surface area contributed by atoms with Crippen LogP contribution < -0.4 is 0 Å². The molecule has 3 rings (SSSR count). The lowest BCUT2D eigenvalue weighted by atomic mass is 9.95. The van der Waals surface area contributed by atoms with Crippen LogP contribution in [-0.4, -0.2) is 10.7 Å². The molecule has 1 nitrogen and oxygen atoms in total. The van der Waals surface area contributed by atoms with Gasteiger partial charge in [-0.15, -0.1) is 0 Å². The van der Waals surface area contributed by atoms with Gasteiger partial charge in [-0.3, -0.25) is 0 Å². The summed E-state index contributed by atoms with van der Waals surface area (Å²) in [6.45, 7) is 1.39. The maximum Gasteiger partial charge on any atom is 0.399 e. The molecule has 26 heavy (non-hydrogen) atoms. The maximum atomic E-state index is 13.6. The van der Waals surface area contributed by atoms with E-state index in [0.717, 1.165) is 23.0 Å². The molecule has 0 spiro atoms. The molecule has 1 atom stereocenters. The Hall–Kier alpha value is -2.27. The quantitative estimate of drug-likeness (QED) is 0.448. The van der Waals surface area contributed by atoms with Gasteiger partial charge < -0.3 is 4.57 Å². The highest BCUT2D eigenvalue weighted by Gasteiger charge is 2.39. The highest BCUT2D eigenvalue weighted by molar-refractivity contribution is 6.30. The van der Waals surface area contributed by atoms with Crippen LogP contribution >= 0.6 is 11.6 Å². The first-order valence-corrected chi connectivity index (χ1v) is 8.30. The molecule has 136 valence electrons. The normalized spacial score (nSPS) is 13.7. The summed E-state index contributed by atoms with van der Waals surface area (Å²) >= 11 is 5.73. The van der Waals surface area contributed by atoms with Crippen molar-refractivity contribution in [1.29, 1.82) is 0 Å². The highest BCUT2D eigenvalue weighted by atomic mass is 35.5. The molecule has 1 heterocycles. The van der Waals surface area contributed by atoms with Crippen LogP contribution in [0.1, 0.15) is 22.6 Å². The van der Waals surface area contributed by atoms with Crippen LogP contribution in [0, 0.1) is 12.7 Å². The number of hydrogen-bond donors (Lipinski definition) is 0. The van der Waals surface area contributed by atoms with Crippen molar-refractivity contribution >= 4 is 28.6 Å². The molecule has 3 aromatic rings. The standard InChI is InChI=1S/C20H16ClF4N/c1-12-9-15(11-17(21)19(12)22)16(20(23,24)25)5-3-13-4-6-18-14(10-13)7-8-26(18)2/h3-11,16H,1-2H3/b5-3+. The number of rotatable bonds is 3. The Morgan fingerprint density at radius 3 is 2.50 bits per heavy atom. The van der Waals surface area contributed by atoms with Gasteiger partial charge in [0.2, 0.25) is 0 Å². The number of aromatic nitrogens is 1. The average molecular weight is 382 g/mol. The lowest BCUT2D eigenvalue weighted by molar-refractivity contribution is -0.139. The van der Waals surface area contributed by atoms with Crippen molar-refractivity contribution in [3.05, 3.63) is 76.2 Å². The summed E-state index contributed by atoms with van der Waals surface area (Å²) in [6.07, 6.45) is -0.120. The van der Waals surface area contributed by atoms with E-state index in [-0.39, 0.29) is 16.1 Å². The molecule has 0 radical (unpaired) electrons. The van der Waals surface area contributed by atoms with Crippen LogP contribution in [0.15, 0.2) is 48.7 Å². The van der Waals surface area contributed by atoms with Gasteiger partial charge in [-0.2, -0.15) is 13.2 Å².